The van der Waals surface area contributed by atoms with Crippen molar-refractivity contribution in [2.75, 3.05) is 29.9 Å². The Hall–Kier alpha value is -2.15. The fraction of sp³-hybridized carbons (Fsp3) is 0.611. The predicted octanol–water partition coefficient (Wildman–Crippen LogP) is 2.09. The SMILES string of the molecule is CN(Cc1cc(C(C)(C)C)n[nH]1)c1nccc(N2CCCC(O)C2)n1. The van der Waals surface area contributed by atoms with Gasteiger partial charge in [-0.1, -0.05) is 20.8 Å². The number of nitrogens with one attached hydrogen (secondary N) is 1. The summed E-state index contributed by atoms with van der Waals surface area (Å²) in [6.45, 7) is 8.67. The predicted molar refractivity (Wildman–Crippen MR) is 98.9 cm³/mol. The first-order chi connectivity index (χ1) is 11.8. The number of piperidine rings is 1. The molecule has 7 nitrogen and oxygen atoms in total. The average molecular weight is 344 g/mol. The van der Waals surface area contributed by atoms with Crippen LogP contribution in [0.4, 0.5) is 11.8 Å². The quantitative estimate of drug-likeness (QED) is 0.884. The molecule has 0 saturated carbocycles. The number of H-pyrrole nitrogens is 1. The third-order valence-corrected chi connectivity index (χ3v) is 4.50. The van der Waals surface area contributed by atoms with Crippen molar-refractivity contribution in [1.82, 2.24) is 20.2 Å². The number of aromatic amines is 1. The monoisotopic (exact) mass is 344 g/mol. The van der Waals surface area contributed by atoms with Crippen molar-refractivity contribution in [3.63, 3.8) is 0 Å². The summed E-state index contributed by atoms with van der Waals surface area (Å²) in [4.78, 5) is 13.2. The van der Waals surface area contributed by atoms with Crippen LogP contribution in [0.1, 0.15) is 45.0 Å². The van der Waals surface area contributed by atoms with E-state index in [1.165, 1.54) is 0 Å². The first-order valence-electron chi connectivity index (χ1n) is 8.85. The molecule has 0 bridgehead atoms. The second-order valence-electron chi connectivity index (χ2n) is 7.84. The molecule has 2 aromatic heterocycles. The summed E-state index contributed by atoms with van der Waals surface area (Å²) < 4.78 is 0. The van der Waals surface area contributed by atoms with Crippen LogP contribution in [0.25, 0.3) is 0 Å². The second kappa shape index (κ2) is 7.00. The lowest BCUT2D eigenvalue weighted by molar-refractivity contribution is 0.154. The number of rotatable bonds is 4. The van der Waals surface area contributed by atoms with Crippen molar-refractivity contribution in [3.05, 3.63) is 29.7 Å². The van der Waals surface area contributed by atoms with Gasteiger partial charge in [0.05, 0.1) is 24.0 Å². The molecule has 1 saturated heterocycles. The average Bonchev–Trinajstić information content (AvgIpc) is 3.04. The maximum absolute atomic E-state index is 9.88. The number of β-amino-alcohol motifs (C(OH)–C–C–N with tert-alkyl or cyclic N) is 1. The van der Waals surface area contributed by atoms with Crippen LogP contribution in [0.15, 0.2) is 18.3 Å². The molecular formula is C18H28N6O. The molecule has 0 radical (unpaired) electrons. The van der Waals surface area contributed by atoms with Crippen LogP contribution in [0.2, 0.25) is 0 Å². The van der Waals surface area contributed by atoms with Crippen molar-refractivity contribution >= 4 is 11.8 Å². The maximum Gasteiger partial charge on any atom is 0.227 e. The first-order valence-corrected chi connectivity index (χ1v) is 8.85. The van der Waals surface area contributed by atoms with Gasteiger partial charge >= 0.3 is 0 Å². The van der Waals surface area contributed by atoms with Crippen molar-refractivity contribution in [3.8, 4) is 0 Å². The van der Waals surface area contributed by atoms with Crippen molar-refractivity contribution in [2.24, 2.45) is 0 Å². The van der Waals surface area contributed by atoms with E-state index in [2.05, 4.69) is 51.9 Å². The van der Waals surface area contributed by atoms with E-state index < -0.39 is 0 Å². The summed E-state index contributed by atoms with van der Waals surface area (Å²) in [7, 11) is 1.97. The summed E-state index contributed by atoms with van der Waals surface area (Å²) in [5.41, 5.74) is 2.11. The molecule has 136 valence electrons. The molecule has 2 aromatic rings. The van der Waals surface area contributed by atoms with Crippen LogP contribution in [-0.4, -0.2) is 51.5 Å². The minimum Gasteiger partial charge on any atom is -0.391 e. The fourth-order valence-corrected chi connectivity index (χ4v) is 3.02. The number of aliphatic hydroxyl groups excluding tert-OH is 1. The van der Waals surface area contributed by atoms with E-state index in [0.717, 1.165) is 36.6 Å². The van der Waals surface area contributed by atoms with Gasteiger partial charge in [-0.2, -0.15) is 10.1 Å². The molecule has 1 aliphatic rings. The van der Waals surface area contributed by atoms with E-state index in [-0.39, 0.29) is 11.5 Å². The molecule has 2 N–H and O–H groups in total. The van der Waals surface area contributed by atoms with E-state index in [0.29, 0.717) is 19.0 Å². The number of aliphatic hydroxyl groups is 1. The third-order valence-electron chi connectivity index (χ3n) is 4.50. The molecule has 7 heteroatoms. The second-order valence-corrected chi connectivity index (χ2v) is 7.84. The van der Waals surface area contributed by atoms with Crippen LogP contribution >= 0.6 is 0 Å². The summed E-state index contributed by atoms with van der Waals surface area (Å²) in [5.74, 6) is 1.54. The van der Waals surface area contributed by atoms with E-state index in [9.17, 15) is 5.11 Å². The molecule has 1 atom stereocenters. The molecule has 25 heavy (non-hydrogen) atoms. The van der Waals surface area contributed by atoms with Crippen molar-refractivity contribution < 1.29 is 5.11 Å². The highest BCUT2D eigenvalue weighted by Gasteiger charge is 2.20. The van der Waals surface area contributed by atoms with Crippen LogP contribution in [0.3, 0.4) is 0 Å². The topological polar surface area (TPSA) is 81.2 Å². The van der Waals surface area contributed by atoms with Gasteiger partial charge in [0.1, 0.15) is 5.82 Å². The Balaban J connectivity index is 1.71. The highest BCUT2D eigenvalue weighted by atomic mass is 16.3. The fourth-order valence-electron chi connectivity index (χ4n) is 3.02. The van der Waals surface area contributed by atoms with Gasteiger partial charge in [-0.15, -0.1) is 0 Å². The Morgan fingerprint density at radius 2 is 2.20 bits per heavy atom. The number of hydrogen-bond acceptors (Lipinski definition) is 6. The van der Waals surface area contributed by atoms with E-state index in [1.54, 1.807) is 6.20 Å². The molecule has 0 amide bonds. The Bertz CT molecular complexity index is 708. The largest absolute Gasteiger partial charge is 0.391 e. The number of aromatic nitrogens is 4. The number of nitrogens with zero attached hydrogens (tertiary/aromatic N) is 5. The lowest BCUT2D eigenvalue weighted by Crippen LogP contribution is -2.38. The standard InChI is InChI=1S/C18H28N6O/c1-18(2,3)15-10-13(21-22-15)11-23(4)17-19-8-7-16(20-17)24-9-5-6-14(25)12-24/h7-8,10,14,25H,5-6,9,11-12H2,1-4H3,(H,21,22). The molecular weight excluding hydrogens is 316 g/mol. The van der Waals surface area contributed by atoms with Crippen molar-refractivity contribution in [2.45, 2.75) is 51.7 Å². The van der Waals surface area contributed by atoms with Gasteiger partial charge in [0, 0.05) is 31.7 Å². The summed E-state index contributed by atoms with van der Waals surface area (Å²) in [6, 6.07) is 4.00. The Labute approximate surface area is 149 Å². The van der Waals surface area contributed by atoms with Gasteiger partial charge < -0.3 is 14.9 Å². The molecule has 1 aliphatic heterocycles. The zero-order chi connectivity index (χ0) is 18.0. The van der Waals surface area contributed by atoms with E-state index in [1.807, 2.05) is 18.0 Å². The molecule has 0 aromatic carbocycles. The lowest BCUT2D eigenvalue weighted by Gasteiger charge is -2.31. The Kier molecular flexibility index (Phi) is 4.94. The highest BCUT2D eigenvalue weighted by molar-refractivity contribution is 5.44. The van der Waals surface area contributed by atoms with Gasteiger partial charge in [-0.05, 0) is 25.0 Å². The van der Waals surface area contributed by atoms with E-state index in [4.69, 9.17) is 0 Å². The maximum atomic E-state index is 9.88. The zero-order valence-electron chi connectivity index (χ0n) is 15.5. The normalized spacial score (nSPS) is 18.4. The minimum atomic E-state index is -0.272. The molecule has 1 unspecified atom stereocenters. The number of hydrogen-bond donors (Lipinski definition) is 2. The van der Waals surface area contributed by atoms with Gasteiger partial charge in [0.15, 0.2) is 0 Å². The Morgan fingerprint density at radius 3 is 2.88 bits per heavy atom. The van der Waals surface area contributed by atoms with Crippen LogP contribution in [0, 0.1) is 0 Å². The van der Waals surface area contributed by atoms with Gasteiger partial charge in [-0.3, -0.25) is 5.10 Å². The lowest BCUT2D eigenvalue weighted by atomic mass is 9.92. The van der Waals surface area contributed by atoms with Crippen LogP contribution in [-0.2, 0) is 12.0 Å². The van der Waals surface area contributed by atoms with Crippen LogP contribution < -0.4 is 9.80 Å². The van der Waals surface area contributed by atoms with E-state index >= 15 is 0 Å². The van der Waals surface area contributed by atoms with Gasteiger partial charge in [0.25, 0.3) is 0 Å². The Morgan fingerprint density at radius 1 is 1.40 bits per heavy atom. The van der Waals surface area contributed by atoms with Gasteiger partial charge in [0.2, 0.25) is 5.95 Å². The number of anilines is 2. The van der Waals surface area contributed by atoms with Crippen molar-refractivity contribution in [1.29, 1.82) is 0 Å². The highest BCUT2D eigenvalue weighted by Crippen LogP contribution is 2.22. The first kappa shape index (κ1) is 17.7. The molecule has 3 rings (SSSR count). The van der Waals surface area contributed by atoms with Gasteiger partial charge in [-0.25, -0.2) is 4.98 Å². The minimum absolute atomic E-state index is 0.0266. The third kappa shape index (κ3) is 4.28. The summed E-state index contributed by atoms with van der Waals surface area (Å²) in [5, 5.41) is 17.4. The van der Waals surface area contributed by atoms with Crippen LogP contribution in [0.5, 0.6) is 0 Å². The zero-order valence-corrected chi connectivity index (χ0v) is 15.5. The molecule has 3 heterocycles. The molecule has 0 spiro atoms. The summed E-state index contributed by atoms with van der Waals surface area (Å²) in [6.07, 6.45) is 3.36. The molecule has 0 aliphatic carbocycles. The smallest absolute Gasteiger partial charge is 0.227 e. The summed E-state index contributed by atoms with van der Waals surface area (Å²) >= 11 is 0. The molecule has 1 fully saturated rings.